The van der Waals surface area contributed by atoms with Crippen LogP contribution >= 0.6 is 0 Å². The molecule has 0 atom stereocenters. The fourth-order valence-electron chi connectivity index (χ4n) is 2.21. The zero-order chi connectivity index (χ0) is 14.9. The van der Waals surface area contributed by atoms with Gasteiger partial charge in [-0.05, 0) is 38.3 Å². The van der Waals surface area contributed by atoms with E-state index in [0.717, 1.165) is 6.42 Å². The van der Waals surface area contributed by atoms with E-state index in [1.165, 1.54) is 25.1 Å². The summed E-state index contributed by atoms with van der Waals surface area (Å²) >= 11 is 0. The second-order valence-corrected chi connectivity index (χ2v) is 4.95. The molecule has 2 rings (SSSR count). The van der Waals surface area contributed by atoms with Crippen molar-refractivity contribution < 1.29 is 19.6 Å². The van der Waals surface area contributed by atoms with Crippen LogP contribution in [0.3, 0.4) is 0 Å². The Morgan fingerprint density at radius 2 is 2.05 bits per heavy atom. The molecule has 1 fully saturated rings. The number of aryl methyl sites for hydroxylation is 1. The molecule has 1 saturated carbocycles. The van der Waals surface area contributed by atoms with Crippen molar-refractivity contribution in [1.29, 1.82) is 0 Å². The minimum absolute atomic E-state index is 0.0712. The van der Waals surface area contributed by atoms with Crippen LogP contribution in [0.15, 0.2) is 18.2 Å². The highest BCUT2D eigenvalue weighted by atomic mass is 16.6. The maximum absolute atomic E-state index is 12.0. The van der Waals surface area contributed by atoms with E-state index in [1.54, 1.807) is 0 Å². The highest BCUT2D eigenvalue weighted by Crippen LogP contribution is 2.32. The summed E-state index contributed by atoms with van der Waals surface area (Å²) in [4.78, 5) is 33.4. The van der Waals surface area contributed by atoms with Crippen molar-refractivity contribution in [1.82, 2.24) is 5.32 Å². The number of carbonyl (C=O) groups excluding carboxylic acids is 1. The lowest BCUT2D eigenvalue weighted by atomic mass is 9.76. The molecule has 2 N–H and O–H groups in total. The Labute approximate surface area is 114 Å². The smallest absolute Gasteiger partial charge is 0.329 e. The van der Waals surface area contributed by atoms with E-state index in [4.69, 9.17) is 5.11 Å². The van der Waals surface area contributed by atoms with Gasteiger partial charge in [-0.2, -0.15) is 0 Å². The molecule has 1 aromatic carbocycles. The maximum atomic E-state index is 12.0. The monoisotopic (exact) mass is 278 g/mol. The van der Waals surface area contributed by atoms with Crippen molar-refractivity contribution in [2.75, 3.05) is 0 Å². The summed E-state index contributed by atoms with van der Waals surface area (Å²) in [7, 11) is 0. The zero-order valence-electron chi connectivity index (χ0n) is 10.9. The van der Waals surface area contributed by atoms with Crippen LogP contribution in [0.5, 0.6) is 0 Å². The summed E-state index contributed by atoms with van der Waals surface area (Å²) in [6.45, 7) is 1.53. The van der Waals surface area contributed by atoms with Gasteiger partial charge in [0.1, 0.15) is 5.54 Å². The Morgan fingerprint density at radius 1 is 1.40 bits per heavy atom. The van der Waals surface area contributed by atoms with Crippen molar-refractivity contribution in [3.63, 3.8) is 0 Å². The molecule has 0 aliphatic heterocycles. The minimum Gasteiger partial charge on any atom is -0.480 e. The number of rotatable bonds is 4. The van der Waals surface area contributed by atoms with Gasteiger partial charge in [0, 0.05) is 17.2 Å². The molecule has 7 heteroatoms. The van der Waals surface area contributed by atoms with E-state index in [-0.39, 0.29) is 11.3 Å². The van der Waals surface area contributed by atoms with Crippen LogP contribution in [0.25, 0.3) is 0 Å². The normalized spacial score (nSPS) is 16.1. The number of nitrogens with zero attached hydrogens (tertiary/aromatic N) is 1. The number of nitro groups is 1. The van der Waals surface area contributed by atoms with Crippen molar-refractivity contribution >= 4 is 17.6 Å². The highest BCUT2D eigenvalue weighted by Gasteiger charge is 2.45. The van der Waals surface area contributed by atoms with Gasteiger partial charge in [-0.1, -0.05) is 0 Å². The second-order valence-electron chi connectivity index (χ2n) is 4.95. The summed E-state index contributed by atoms with van der Waals surface area (Å²) in [5.74, 6) is -1.57. The Hall–Kier alpha value is -2.44. The number of carboxylic acids is 1. The summed E-state index contributed by atoms with van der Waals surface area (Å²) in [5.41, 5.74) is -0.674. The number of aliphatic carboxylic acids is 1. The lowest BCUT2D eigenvalue weighted by molar-refractivity contribution is -0.385. The van der Waals surface area contributed by atoms with Gasteiger partial charge in [0.05, 0.1) is 4.92 Å². The first-order valence-corrected chi connectivity index (χ1v) is 6.17. The molecule has 1 amide bonds. The third kappa shape index (κ3) is 2.34. The van der Waals surface area contributed by atoms with E-state index in [1.807, 2.05) is 0 Å². The van der Waals surface area contributed by atoms with Gasteiger partial charge >= 0.3 is 5.97 Å². The third-order valence-electron chi connectivity index (χ3n) is 3.62. The van der Waals surface area contributed by atoms with Crippen LogP contribution in [0.1, 0.15) is 35.2 Å². The van der Waals surface area contributed by atoms with Gasteiger partial charge in [-0.3, -0.25) is 14.9 Å². The molecule has 0 saturated heterocycles. The van der Waals surface area contributed by atoms with Gasteiger partial charge in [0.15, 0.2) is 0 Å². The van der Waals surface area contributed by atoms with Gasteiger partial charge in [0.25, 0.3) is 11.6 Å². The lowest BCUT2D eigenvalue weighted by Crippen LogP contribution is -2.59. The molecule has 0 aromatic heterocycles. The standard InChI is InChI=1S/C13H14N2O5/c1-8-7-9(3-4-10(8)15(19)20)11(16)14-13(12(17)18)5-2-6-13/h3-4,7H,2,5-6H2,1H3,(H,14,16)(H,17,18). The fraction of sp³-hybridized carbons (Fsp3) is 0.385. The SMILES string of the molecule is Cc1cc(C(=O)NC2(C(=O)O)CCC2)ccc1[N+](=O)[O-]. The molecular formula is C13H14N2O5. The van der Waals surface area contributed by atoms with Gasteiger partial charge in [-0.25, -0.2) is 4.79 Å². The molecule has 0 unspecified atom stereocenters. The number of hydrogen-bond donors (Lipinski definition) is 2. The molecule has 1 aliphatic rings. The van der Waals surface area contributed by atoms with E-state index < -0.39 is 22.3 Å². The van der Waals surface area contributed by atoms with Crippen LogP contribution in [-0.2, 0) is 4.79 Å². The molecule has 106 valence electrons. The number of carbonyl (C=O) groups is 2. The van der Waals surface area contributed by atoms with Gasteiger partial charge in [0.2, 0.25) is 0 Å². The molecule has 0 bridgehead atoms. The van der Waals surface area contributed by atoms with Crippen LogP contribution < -0.4 is 5.32 Å². The average Bonchev–Trinajstić information content (AvgIpc) is 2.32. The number of nitro benzene ring substituents is 1. The first-order chi connectivity index (χ1) is 9.35. The maximum Gasteiger partial charge on any atom is 0.329 e. The molecule has 0 spiro atoms. The molecule has 1 aromatic rings. The van der Waals surface area contributed by atoms with Crippen LogP contribution in [0.4, 0.5) is 5.69 Å². The zero-order valence-corrected chi connectivity index (χ0v) is 10.9. The second kappa shape index (κ2) is 4.92. The molecule has 7 nitrogen and oxygen atoms in total. The van der Waals surface area contributed by atoms with E-state index in [0.29, 0.717) is 18.4 Å². The molecule has 0 heterocycles. The third-order valence-corrected chi connectivity index (χ3v) is 3.62. The average molecular weight is 278 g/mol. The van der Waals surface area contributed by atoms with Crippen molar-refractivity contribution in [2.45, 2.75) is 31.7 Å². The number of benzene rings is 1. The summed E-state index contributed by atoms with van der Waals surface area (Å²) in [6, 6.07) is 3.97. The van der Waals surface area contributed by atoms with Gasteiger partial charge in [-0.15, -0.1) is 0 Å². The topological polar surface area (TPSA) is 110 Å². The summed E-state index contributed by atoms with van der Waals surface area (Å²) < 4.78 is 0. The molecular weight excluding hydrogens is 264 g/mol. The van der Waals surface area contributed by atoms with Crippen LogP contribution in [0, 0.1) is 17.0 Å². The number of hydrogen-bond acceptors (Lipinski definition) is 4. The minimum atomic E-state index is -1.19. The lowest BCUT2D eigenvalue weighted by Gasteiger charge is -2.38. The first-order valence-electron chi connectivity index (χ1n) is 6.17. The predicted octanol–water partition coefficient (Wildman–Crippen LogP) is 1.64. The van der Waals surface area contributed by atoms with Crippen molar-refractivity contribution in [3.05, 3.63) is 39.4 Å². The molecule has 1 aliphatic carbocycles. The summed E-state index contributed by atoms with van der Waals surface area (Å²) in [5, 5.41) is 22.4. The van der Waals surface area contributed by atoms with Crippen LogP contribution in [0.2, 0.25) is 0 Å². The Kier molecular flexibility index (Phi) is 3.44. The quantitative estimate of drug-likeness (QED) is 0.642. The summed E-state index contributed by atoms with van der Waals surface area (Å²) in [6.07, 6.45) is 1.56. The van der Waals surface area contributed by atoms with E-state index in [9.17, 15) is 19.7 Å². The Morgan fingerprint density at radius 3 is 2.45 bits per heavy atom. The Bertz CT molecular complexity index is 592. The fourth-order valence-corrected chi connectivity index (χ4v) is 2.21. The highest BCUT2D eigenvalue weighted by molar-refractivity contribution is 5.98. The number of carboxylic acid groups (broad SMARTS) is 1. The Balaban J connectivity index is 2.20. The first kappa shape index (κ1) is 14.0. The number of amides is 1. The van der Waals surface area contributed by atoms with Crippen molar-refractivity contribution in [2.24, 2.45) is 0 Å². The van der Waals surface area contributed by atoms with Crippen LogP contribution in [-0.4, -0.2) is 27.4 Å². The predicted molar refractivity (Wildman–Crippen MR) is 69.5 cm³/mol. The van der Waals surface area contributed by atoms with E-state index in [2.05, 4.69) is 5.32 Å². The largest absolute Gasteiger partial charge is 0.480 e. The number of nitrogens with one attached hydrogen (secondary N) is 1. The van der Waals surface area contributed by atoms with E-state index >= 15 is 0 Å². The van der Waals surface area contributed by atoms with Crippen molar-refractivity contribution in [3.8, 4) is 0 Å². The molecule has 0 radical (unpaired) electrons. The van der Waals surface area contributed by atoms with Gasteiger partial charge < -0.3 is 10.4 Å². The molecule has 20 heavy (non-hydrogen) atoms.